The average Bonchev–Trinajstić information content (AvgIpc) is 4.03. The topological polar surface area (TPSA) is 185 Å². The average molecular weight is 808 g/mol. The lowest BCUT2D eigenvalue weighted by Crippen LogP contribution is -2.62. The number of hydrogen-bond acceptors (Lipinski definition) is 9. The van der Waals surface area contributed by atoms with Gasteiger partial charge in [0.25, 0.3) is 5.91 Å². The number of nitrogens with one attached hydrogen (secondary N) is 2. The molecule has 2 aromatic rings. The predicted octanol–water partition coefficient (Wildman–Crippen LogP) is 5.33. The highest BCUT2D eigenvalue weighted by molar-refractivity contribution is 7.91. The van der Waals surface area contributed by atoms with E-state index in [1.807, 2.05) is 43.3 Å². The molecule has 0 spiro atoms. The number of carbonyl (C=O) groups is 4. The highest BCUT2D eigenvalue weighted by Crippen LogP contribution is 2.48. The van der Waals surface area contributed by atoms with Gasteiger partial charge in [-0.3, -0.25) is 24.0 Å². The van der Waals surface area contributed by atoms with Crippen molar-refractivity contribution in [3.8, 4) is 11.6 Å². The summed E-state index contributed by atoms with van der Waals surface area (Å²) in [5.41, 5.74) is -1.76. The number of hydrogen-bond donors (Lipinski definition) is 3. The molecule has 1 saturated heterocycles. The Labute approximate surface area is 335 Å². The third-order valence-corrected chi connectivity index (χ3v) is 14.9. The molecule has 4 heterocycles. The molecular weight excluding hydrogens is 751 g/mol. The van der Waals surface area contributed by atoms with Gasteiger partial charge in [-0.05, 0) is 97.0 Å². The fraction of sp³-hybridized carbons (Fsp3) is 0.643. The van der Waals surface area contributed by atoms with E-state index >= 15 is 4.79 Å². The van der Waals surface area contributed by atoms with E-state index in [1.54, 1.807) is 27.7 Å². The maximum absolute atomic E-state index is 15.3. The van der Waals surface area contributed by atoms with Crippen LogP contribution in [0.15, 0.2) is 36.4 Å². The number of pyridine rings is 1. The van der Waals surface area contributed by atoms with Crippen molar-refractivity contribution in [2.24, 2.45) is 17.8 Å². The first-order chi connectivity index (χ1) is 26.9. The van der Waals surface area contributed by atoms with Crippen molar-refractivity contribution in [2.45, 2.75) is 140 Å². The Kier molecular flexibility index (Phi) is 10.8. The van der Waals surface area contributed by atoms with Crippen LogP contribution >= 0.6 is 0 Å². The molecule has 14 nitrogen and oxygen atoms in total. The monoisotopic (exact) mass is 807 g/mol. The van der Waals surface area contributed by atoms with Crippen LogP contribution in [0, 0.1) is 17.8 Å². The van der Waals surface area contributed by atoms with E-state index in [2.05, 4.69) is 17.0 Å². The second-order valence-electron chi connectivity index (χ2n) is 18.1. The molecule has 7 rings (SSSR count). The van der Waals surface area contributed by atoms with Crippen LogP contribution in [0.2, 0.25) is 0 Å². The number of aryl methyl sites for hydroxylation is 1. The predicted molar refractivity (Wildman–Crippen MR) is 213 cm³/mol. The number of carbonyl (C=O) groups excluding carboxylic acids is 3. The molecular formula is C42H57N5O9S. The highest BCUT2D eigenvalue weighted by atomic mass is 32.2. The number of amides is 4. The first-order valence-electron chi connectivity index (χ1n) is 20.5. The van der Waals surface area contributed by atoms with Crippen molar-refractivity contribution in [2.75, 3.05) is 13.2 Å². The highest BCUT2D eigenvalue weighted by Gasteiger charge is 2.63. The molecule has 3 fully saturated rings. The van der Waals surface area contributed by atoms with Gasteiger partial charge in [-0.15, -0.1) is 0 Å². The summed E-state index contributed by atoms with van der Waals surface area (Å²) < 4.78 is 40.4. The molecule has 1 aromatic carbocycles. The number of carboxylic acid groups (broad SMARTS) is 1. The third-order valence-electron chi connectivity index (χ3n) is 12.8. The zero-order valence-electron chi connectivity index (χ0n) is 33.9. The minimum atomic E-state index is -4.02. The minimum absolute atomic E-state index is 0.0260. The Morgan fingerprint density at radius 1 is 1.16 bits per heavy atom. The lowest BCUT2D eigenvalue weighted by Gasteiger charge is -2.44. The van der Waals surface area contributed by atoms with Crippen molar-refractivity contribution >= 4 is 44.6 Å². The minimum Gasteiger partial charge on any atom is -0.491 e. The fourth-order valence-electron chi connectivity index (χ4n) is 9.00. The summed E-state index contributed by atoms with van der Waals surface area (Å²) in [5.74, 6) is -1.62. The molecule has 0 unspecified atom stereocenters. The number of rotatable bonds is 7. The first kappa shape index (κ1) is 40.8. The van der Waals surface area contributed by atoms with Gasteiger partial charge >= 0.3 is 6.09 Å². The van der Waals surface area contributed by atoms with Crippen LogP contribution in [0.25, 0.3) is 10.8 Å². The van der Waals surface area contributed by atoms with Gasteiger partial charge in [0.05, 0.1) is 23.6 Å². The first-order valence-corrected chi connectivity index (χ1v) is 22.0. The van der Waals surface area contributed by atoms with E-state index in [4.69, 9.17) is 14.5 Å². The van der Waals surface area contributed by atoms with Crippen LogP contribution in [-0.4, -0.2) is 99.3 Å². The summed E-state index contributed by atoms with van der Waals surface area (Å²) in [7, 11) is -4.02. The van der Waals surface area contributed by atoms with Crippen molar-refractivity contribution < 1.29 is 42.2 Å². The number of sulfonamides is 1. The number of allylic oxidation sites excluding steroid dienone is 1. The van der Waals surface area contributed by atoms with Gasteiger partial charge in [0.2, 0.25) is 27.7 Å². The Bertz CT molecular complexity index is 2080. The standard InChI is InChI=1S/C42H57N5O9S/c1-7-26-21-25(2)13-8-9-14-27-23-42(27,38(50)45-57(53,54)41(6)18-19-41)44-35(48)32-22-28(24-46(32)37(49)33(26)47(39(51)52)40(3,4)5)56-36-30-16-11-10-15-29(30)34-31(43-36)17-12-20-55-34/h9-11,14-16,25-28,32-33H,7-8,12-13,17-24H2,1-6H3,(H,44,48)(H,45,50)(H,51,52)/b14-9-/t25-,26+,27+,28+,32-,33-,42+/m0/s1. The van der Waals surface area contributed by atoms with Crippen molar-refractivity contribution in [1.29, 1.82) is 0 Å². The normalized spacial score (nSPS) is 30.6. The molecule has 1 aromatic heterocycles. The second kappa shape index (κ2) is 15.1. The molecule has 3 aliphatic heterocycles. The van der Waals surface area contributed by atoms with Gasteiger partial charge in [0.15, 0.2) is 0 Å². The molecule has 4 amide bonds. The Balaban J connectivity index is 1.29. The third kappa shape index (κ3) is 7.80. The van der Waals surface area contributed by atoms with Gasteiger partial charge in [-0.2, -0.15) is 0 Å². The second-order valence-corrected chi connectivity index (χ2v) is 20.3. The van der Waals surface area contributed by atoms with Gasteiger partial charge in [0, 0.05) is 28.7 Å². The molecule has 2 aliphatic carbocycles. The van der Waals surface area contributed by atoms with E-state index in [-0.39, 0.29) is 31.2 Å². The molecule has 15 heteroatoms. The van der Waals surface area contributed by atoms with Crippen LogP contribution in [-0.2, 0) is 30.8 Å². The summed E-state index contributed by atoms with van der Waals surface area (Å²) in [6, 6.07) is 5.33. The SMILES string of the molecule is CC[C@@H]1C[C@@H](C)CC/C=C\[C@@H]2C[C@@]2(C(=O)NS(=O)(=O)C2(C)CC2)NC(=O)[C@@H]2C[C@@H](Oc3nc4c(c5ccccc35)OCCC4)CN2C(=O)[C@H]1N(C(=O)O)C(C)(C)C. The smallest absolute Gasteiger partial charge is 0.408 e. The molecule has 5 aliphatic rings. The number of nitrogens with zero attached hydrogens (tertiary/aromatic N) is 3. The van der Waals surface area contributed by atoms with Crippen molar-refractivity contribution in [3.05, 3.63) is 42.1 Å². The Morgan fingerprint density at radius 3 is 2.54 bits per heavy atom. The molecule has 3 N–H and O–H groups in total. The van der Waals surface area contributed by atoms with Crippen LogP contribution in [0.1, 0.15) is 105 Å². The maximum Gasteiger partial charge on any atom is 0.408 e. The van der Waals surface area contributed by atoms with E-state index in [9.17, 15) is 27.9 Å². The van der Waals surface area contributed by atoms with Crippen LogP contribution in [0.4, 0.5) is 4.79 Å². The lowest BCUT2D eigenvalue weighted by molar-refractivity contribution is -0.146. The van der Waals surface area contributed by atoms with Gasteiger partial charge in [0.1, 0.15) is 29.5 Å². The molecule has 310 valence electrons. The molecule has 57 heavy (non-hydrogen) atoms. The van der Waals surface area contributed by atoms with Crippen LogP contribution in [0.5, 0.6) is 11.6 Å². The number of benzene rings is 1. The van der Waals surface area contributed by atoms with Crippen molar-refractivity contribution in [1.82, 2.24) is 24.8 Å². The number of ether oxygens (including phenoxy) is 2. The zero-order valence-corrected chi connectivity index (χ0v) is 34.7. The summed E-state index contributed by atoms with van der Waals surface area (Å²) in [4.78, 5) is 64.7. The zero-order chi connectivity index (χ0) is 41.1. The number of fused-ring (bicyclic) bond motifs is 5. The molecule has 0 radical (unpaired) electrons. The van der Waals surface area contributed by atoms with E-state index in [1.165, 1.54) is 9.80 Å². The van der Waals surface area contributed by atoms with Gasteiger partial charge in [-0.1, -0.05) is 50.6 Å². The summed E-state index contributed by atoms with van der Waals surface area (Å²) in [6.07, 6.45) is 6.94. The van der Waals surface area contributed by atoms with Crippen molar-refractivity contribution in [3.63, 3.8) is 0 Å². The van der Waals surface area contributed by atoms with Crippen LogP contribution in [0.3, 0.4) is 0 Å². The summed E-state index contributed by atoms with van der Waals surface area (Å²) in [6.45, 7) is 11.4. The molecule has 0 bridgehead atoms. The van der Waals surface area contributed by atoms with Gasteiger partial charge in [-0.25, -0.2) is 18.2 Å². The van der Waals surface area contributed by atoms with E-state index < -0.39 is 73.8 Å². The molecule has 2 saturated carbocycles. The molecule has 7 atom stereocenters. The van der Waals surface area contributed by atoms with Gasteiger partial charge < -0.3 is 24.8 Å². The Hall–Kier alpha value is -4.40. The maximum atomic E-state index is 15.3. The van der Waals surface area contributed by atoms with E-state index in [0.29, 0.717) is 56.8 Å². The summed E-state index contributed by atoms with van der Waals surface area (Å²) >= 11 is 0. The number of aromatic nitrogens is 1. The summed E-state index contributed by atoms with van der Waals surface area (Å²) in [5, 5.41) is 15.2. The van der Waals surface area contributed by atoms with Crippen LogP contribution < -0.4 is 19.5 Å². The quantitative estimate of drug-likeness (QED) is 0.309. The lowest BCUT2D eigenvalue weighted by atomic mass is 9.82. The largest absolute Gasteiger partial charge is 0.491 e. The van der Waals surface area contributed by atoms with E-state index in [0.717, 1.165) is 29.3 Å². The fourth-order valence-corrected chi connectivity index (χ4v) is 10.3. The Morgan fingerprint density at radius 2 is 1.88 bits per heavy atom.